The van der Waals surface area contributed by atoms with Gasteiger partial charge in [-0.2, -0.15) is 4.31 Å². The second kappa shape index (κ2) is 7.29. The molecule has 1 saturated heterocycles. The van der Waals surface area contributed by atoms with Crippen LogP contribution >= 0.6 is 11.6 Å². The van der Waals surface area contributed by atoms with Crippen molar-refractivity contribution in [1.29, 1.82) is 0 Å². The third-order valence-electron chi connectivity index (χ3n) is 4.11. The Morgan fingerprint density at radius 2 is 2.04 bits per heavy atom. The molecule has 1 N–H and O–H groups in total. The van der Waals surface area contributed by atoms with Gasteiger partial charge in [0.1, 0.15) is 5.82 Å². The summed E-state index contributed by atoms with van der Waals surface area (Å²) in [5.41, 5.74) is 0. The zero-order valence-corrected chi connectivity index (χ0v) is 15.3. The van der Waals surface area contributed by atoms with Gasteiger partial charge in [0, 0.05) is 25.9 Å². The first-order valence-corrected chi connectivity index (χ1v) is 9.65. The van der Waals surface area contributed by atoms with Gasteiger partial charge >= 0.3 is 6.01 Å². The number of sulfonamides is 1. The molecule has 1 aliphatic heterocycles. The average Bonchev–Trinajstić information content (AvgIpc) is 3.02. The molecule has 1 fully saturated rings. The van der Waals surface area contributed by atoms with Gasteiger partial charge in [-0.3, -0.25) is 10.1 Å². The molecule has 1 aromatic heterocycles. The Labute approximate surface area is 154 Å². The summed E-state index contributed by atoms with van der Waals surface area (Å²) in [6, 6.07) is 3.29. The standard InChI is InChI=1S/C15H16ClFN4O4S/c1-9-19-20-15(25-9)18-14(22)10-4-6-21(7-5-10)26(23,24)11-2-3-13(17)12(16)8-11/h2-3,8,10H,4-7H2,1H3,(H,18,20,22). The SMILES string of the molecule is Cc1nnc(NC(=O)C2CCN(S(=O)(=O)c3ccc(F)c(Cl)c3)CC2)o1. The molecule has 140 valence electrons. The van der Waals surface area contributed by atoms with Crippen molar-refractivity contribution in [3.63, 3.8) is 0 Å². The fourth-order valence-electron chi connectivity index (χ4n) is 2.70. The molecule has 0 bridgehead atoms. The van der Waals surface area contributed by atoms with E-state index in [1.165, 1.54) is 10.4 Å². The first kappa shape index (κ1) is 18.7. The van der Waals surface area contributed by atoms with Gasteiger partial charge in [-0.1, -0.05) is 16.7 Å². The third kappa shape index (κ3) is 3.87. The molecule has 11 heteroatoms. The van der Waals surface area contributed by atoms with E-state index >= 15 is 0 Å². The van der Waals surface area contributed by atoms with Gasteiger partial charge in [0.2, 0.25) is 21.8 Å². The summed E-state index contributed by atoms with van der Waals surface area (Å²) in [6.07, 6.45) is 0.681. The number of aromatic nitrogens is 2. The van der Waals surface area contributed by atoms with Crippen LogP contribution in [-0.2, 0) is 14.8 Å². The van der Waals surface area contributed by atoms with E-state index in [1.54, 1.807) is 6.92 Å². The Kier molecular flexibility index (Phi) is 5.26. The summed E-state index contributed by atoms with van der Waals surface area (Å²) in [5, 5.41) is 9.58. The minimum absolute atomic E-state index is 0.0171. The largest absolute Gasteiger partial charge is 0.408 e. The molecule has 2 aromatic rings. The minimum Gasteiger partial charge on any atom is -0.408 e. The van der Waals surface area contributed by atoms with Gasteiger partial charge in [0.05, 0.1) is 9.92 Å². The second-order valence-corrected chi connectivity index (χ2v) is 8.21. The van der Waals surface area contributed by atoms with Gasteiger partial charge < -0.3 is 4.42 Å². The quantitative estimate of drug-likeness (QED) is 0.840. The summed E-state index contributed by atoms with van der Waals surface area (Å²) in [4.78, 5) is 12.1. The van der Waals surface area contributed by atoms with E-state index in [9.17, 15) is 17.6 Å². The van der Waals surface area contributed by atoms with Crippen LogP contribution in [0.5, 0.6) is 0 Å². The zero-order chi connectivity index (χ0) is 18.9. The van der Waals surface area contributed by atoms with E-state index in [0.29, 0.717) is 18.7 Å². The number of halogens is 2. The van der Waals surface area contributed by atoms with Crippen LogP contribution in [0.3, 0.4) is 0 Å². The third-order valence-corrected chi connectivity index (χ3v) is 6.29. The Morgan fingerprint density at radius 3 is 2.62 bits per heavy atom. The molecule has 1 aromatic carbocycles. The maximum Gasteiger partial charge on any atom is 0.322 e. The molecule has 0 aliphatic carbocycles. The number of carbonyl (C=O) groups is 1. The van der Waals surface area contributed by atoms with Crippen LogP contribution in [0.4, 0.5) is 10.4 Å². The van der Waals surface area contributed by atoms with E-state index in [0.717, 1.165) is 12.1 Å². The molecular formula is C15H16ClFN4O4S. The summed E-state index contributed by atoms with van der Waals surface area (Å²) < 4.78 is 44.9. The van der Waals surface area contributed by atoms with Gasteiger partial charge in [-0.05, 0) is 31.0 Å². The highest BCUT2D eigenvalue weighted by atomic mass is 35.5. The lowest BCUT2D eigenvalue weighted by atomic mass is 9.97. The van der Waals surface area contributed by atoms with Gasteiger partial charge in [0.25, 0.3) is 0 Å². The molecule has 0 radical (unpaired) electrons. The monoisotopic (exact) mass is 402 g/mol. The second-order valence-electron chi connectivity index (χ2n) is 5.87. The Morgan fingerprint density at radius 1 is 1.35 bits per heavy atom. The predicted octanol–water partition coefficient (Wildman–Crippen LogP) is 2.21. The molecule has 3 rings (SSSR count). The van der Waals surface area contributed by atoms with Gasteiger partial charge in [0.15, 0.2) is 0 Å². The Hall–Kier alpha value is -2.04. The number of amides is 1. The van der Waals surface area contributed by atoms with Crippen molar-refractivity contribution in [2.45, 2.75) is 24.7 Å². The smallest absolute Gasteiger partial charge is 0.322 e. The van der Waals surface area contributed by atoms with Crippen molar-refractivity contribution in [2.24, 2.45) is 5.92 Å². The highest BCUT2D eigenvalue weighted by molar-refractivity contribution is 7.89. The molecule has 0 unspecified atom stereocenters. The predicted molar refractivity (Wildman–Crippen MR) is 90.6 cm³/mol. The van der Waals surface area contributed by atoms with Crippen LogP contribution in [0, 0.1) is 18.7 Å². The van der Waals surface area contributed by atoms with Crippen LogP contribution in [0.25, 0.3) is 0 Å². The fourth-order valence-corrected chi connectivity index (χ4v) is 4.44. The van der Waals surface area contributed by atoms with Gasteiger partial charge in [-0.25, -0.2) is 12.8 Å². The number of piperidine rings is 1. The lowest BCUT2D eigenvalue weighted by Crippen LogP contribution is -2.41. The highest BCUT2D eigenvalue weighted by Gasteiger charge is 2.32. The maximum atomic E-state index is 13.2. The number of nitrogens with one attached hydrogen (secondary N) is 1. The van der Waals surface area contributed by atoms with Crippen molar-refractivity contribution in [3.8, 4) is 0 Å². The van der Waals surface area contributed by atoms with Crippen LogP contribution in [0.2, 0.25) is 5.02 Å². The van der Waals surface area contributed by atoms with E-state index in [4.69, 9.17) is 16.0 Å². The van der Waals surface area contributed by atoms with Crippen LogP contribution in [0.1, 0.15) is 18.7 Å². The molecule has 26 heavy (non-hydrogen) atoms. The van der Waals surface area contributed by atoms with Crippen molar-refractivity contribution in [1.82, 2.24) is 14.5 Å². The number of carbonyl (C=O) groups excluding carboxylic acids is 1. The summed E-state index contributed by atoms with van der Waals surface area (Å²) >= 11 is 5.67. The molecule has 1 aliphatic rings. The summed E-state index contributed by atoms with van der Waals surface area (Å²) in [7, 11) is -3.80. The Bertz CT molecular complexity index is 925. The molecule has 0 atom stereocenters. The molecule has 0 spiro atoms. The lowest BCUT2D eigenvalue weighted by Gasteiger charge is -2.30. The maximum absolute atomic E-state index is 13.2. The van der Waals surface area contributed by atoms with E-state index in [-0.39, 0.29) is 40.8 Å². The molecule has 8 nitrogen and oxygen atoms in total. The lowest BCUT2D eigenvalue weighted by molar-refractivity contribution is -0.121. The number of hydrogen-bond donors (Lipinski definition) is 1. The van der Waals surface area contributed by atoms with Crippen molar-refractivity contribution >= 4 is 33.5 Å². The van der Waals surface area contributed by atoms with Crippen LogP contribution < -0.4 is 5.32 Å². The Balaban J connectivity index is 1.63. The summed E-state index contributed by atoms with van der Waals surface area (Å²) in [5.74, 6) is -1.02. The van der Waals surface area contributed by atoms with Gasteiger partial charge in [-0.15, -0.1) is 5.10 Å². The average molecular weight is 403 g/mol. The fraction of sp³-hybridized carbons (Fsp3) is 0.400. The number of anilines is 1. The van der Waals surface area contributed by atoms with Crippen LogP contribution in [0.15, 0.2) is 27.5 Å². The number of benzene rings is 1. The molecule has 2 heterocycles. The molecular weight excluding hydrogens is 387 g/mol. The number of nitrogens with zero attached hydrogens (tertiary/aromatic N) is 3. The number of hydrogen-bond acceptors (Lipinski definition) is 6. The number of aryl methyl sites for hydroxylation is 1. The highest BCUT2D eigenvalue weighted by Crippen LogP contribution is 2.27. The van der Waals surface area contributed by atoms with Crippen molar-refractivity contribution in [2.75, 3.05) is 18.4 Å². The first-order chi connectivity index (χ1) is 12.3. The summed E-state index contributed by atoms with van der Waals surface area (Å²) in [6.45, 7) is 1.93. The van der Waals surface area contributed by atoms with Crippen LogP contribution in [-0.4, -0.2) is 41.9 Å². The minimum atomic E-state index is -3.80. The van der Waals surface area contributed by atoms with Crippen molar-refractivity contribution < 1.29 is 22.0 Å². The van der Waals surface area contributed by atoms with E-state index in [2.05, 4.69) is 15.5 Å². The molecule has 0 saturated carbocycles. The topological polar surface area (TPSA) is 105 Å². The normalized spacial score (nSPS) is 16.6. The van der Waals surface area contributed by atoms with Crippen molar-refractivity contribution in [3.05, 3.63) is 34.9 Å². The van der Waals surface area contributed by atoms with E-state index in [1.807, 2.05) is 0 Å². The zero-order valence-electron chi connectivity index (χ0n) is 13.8. The first-order valence-electron chi connectivity index (χ1n) is 7.83. The molecule has 1 amide bonds. The van der Waals surface area contributed by atoms with E-state index < -0.39 is 15.8 Å². The number of rotatable bonds is 4.